The molecular formula is C10H12F2N2O2S. The van der Waals surface area contributed by atoms with Crippen LogP contribution < -0.4 is 10.0 Å². The van der Waals surface area contributed by atoms with Crippen molar-refractivity contribution in [3.63, 3.8) is 0 Å². The molecule has 1 atom stereocenters. The van der Waals surface area contributed by atoms with Crippen LogP contribution in [0.1, 0.15) is 6.42 Å². The molecule has 0 spiro atoms. The zero-order valence-electron chi connectivity index (χ0n) is 8.91. The fraction of sp³-hybridized carbons (Fsp3) is 0.400. The molecule has 0 aromatic heterocycles. The van der Waals surface area contributed by atoms with Crippen LogP contribution in [0, 0.1) is 11.6 Å². The highest BCUT2D eigenvalue weighted by atomic mass is 32.2. The molecule has 0 radical (unpaired) electrons. The number of rotatable bonds is 3. The van der Waals surface area contributed by atoms with Gasteiger partial charge < -0.3 is 5.32 Å². The SMILES string of the molecule is O=S(=O)(N[C@@H]1CCNC1)c1ccc(F)c(F)c1. The predicted octanol–water partition coefficient (Wildman–Crippen LogP) is 0.605. The van der Waals surface area contributed by atoms with Crippen LogP contribution in [0.4, 0.5) is 8.78 Å². The lowest BCUT2D eigenvalue weighted by atomic mass is 10.3. The minimum Gasteiger partial charge on any atom is -0.315 e. The van der Waals surface area contributed by atoms with Crippen molar-refractivity contribution in [2.75, 3.05) is 13.1 Å². The van der Waals surface area contributed by atoms with E-state index >= 15 is 0 Å². The van der Waals surface area contributed by atoms with Gasteiger partial charge in [0.05, 0.1) is 4.90 Å². The first kappa shape index (κ1) is 12.4. The third kappa shape index (κ3) is 2.80. The third-order valence-corrected chi connectivity index (χ3v) is 4.10. The third-order valence-electron chi connectivity index (χ3n) is 2.58. The minimum absolute atomic E-state index is 0.201. The van der Waals surface area contributed by atoms with E-state index in [1.165, 1.54) is 0 Å². The molecular weight excluding hydrogens is 250 g/mol. The molecule has 1 aliphatic heterocycles. The summed E-state index contributed by atoms with van der Waals surface area (Å²) in [7, 11) is -3.78. The van der Waals surface area contributed by atoms with Gasteiger partial charge in [0.2, 0.25) is 10.0 Å². The molecule has 7 heteroatoms. The quantitative estimate of drug-likeness (QED) is 0.839. The second kappa shape index (κ2) is 4.67. The number of halogens is 2. The highest BCUT2D eigenvalue weighted by Gasteiger charge is 2.23. The van der Waals surface area contributed by atoms with Gasteiger partial charge >= 0.3 is 0 Å². The lowest BCUT2D eigenvalue weighted by molar-refractivity contribution is 0.503. The Kier molecular flexibility index (Phi) is 3.41. The fourth-order valence-corrected chi connectivity index (χ4v) is 2.97. The average Bonchev–Trinajstić information content (AvgIpc) is 2.73. The van der Waals surface area contributed by atoms with Gasteiger partial charge in [0.1, 0.15) is 0 Å². The highest BCUT2D eigenvalue weighted by molar-refractivity contribution is 7.89. The molecule has 1 aromatic rings. The van der Waals surface area contributed by atoms with Gasteiger partial charge in [0.15, 0.2) is 11.6 Å². The second-order valence-corrected chi connectivity index (χ2v) is 5.60. The molecule has 1 fully saturated rings. The maximum Gasteiger partial charge on any atom is 0.240 e. The normalized spacial score (nSPS) is 20.7. The number of hydrogen-bond donors (Lipinski definition) is 2. The smallest absolute Gasteiger partial charge is 0.240 e. The van der Waals surface area contributed by atoms with Crippen LogP contribution in [0.15, 0.2) is 23.1 Å². The Morgan fingerprint density at radius 3 is 2.65 bits per heavy atom. The van der Waals surface area contributed by atoms with Crippen molar-refractivity contribution in [3.05, 3.63) is 29.8 Å². The monoisotopic (exact) mass is 262 g/mol. The summed E-state index contributed by atoms with van der Waals surface area (Å²) in [5.41, 5.74) is 0. The minimum atomic E-state index is -3.78. The number of nitrogens with one attached hydrogen (secondary N) is 2. The van der Waals surface area contributed by atoms with E-state index in [2.05, 4.69) is 10.0 Å². The van der Waals surface area contributed by atoms with Gasteiger partial charge in [0.25, 0.3) is 0 Å². The number of hydrogen-bond acceptors (Lipinski definition) is 3. The van der Waals surface area contributed by atoms with Crippen molar-refractivity contribution in [1.82, 2.24) is 10.0 Å². The Labute approximate surface area is 98.1 Å². The van der Waals surface area contributed by atoms with Crippen molar-refractivity contribution in [2.45, 2.75) is 17.4 Å². The summed E-state index contributed by atoms with van der Waals surface area (Å²) in [6, 6.07) is 2.33. The van der Waals surface area contributed by atoms with Gasteiger partial charge in [-0.2, -0.15) is 0 Å². The molecule has 1 saturated heterocycles. The zero-order chi connectivity index (χ0) is 12.5. The fourth-order valence-electron chi connectivity index (χ4n) is 1.69. The average molecular weight is 262 g/mol. The van der Waals surface area contributed by atoms with Crippen molar-refractivity contribution in [3.8, 4) is 0 Å². The predicted molar refractivity (Wildman–Crippen MR) is 58.0 cm³/mol. The summed E-state index contributed by atoms with van der Waals surface area (Å²) >= 11 is 0. The van der Waals surface area contributed by atoms with Crippen LogP contribution in [0.2, 0.25) is 0 Å². The molecule has 2 N–H and O–H groups in total. The summed E-state index contributed by atoms with van der Waals surface area (Å²) in [6.07, 6.45) is 0.683. The van der Waals surface area contributed by atoms with Crippen molar-refractivity contribution >= 4 is 10.0 Å². The molecule has 4 nitrogen and oxygen atoms in total. The van der Waals surface area contributed by atoms with Gasteiger partial charge in [-0.25, -0.2) is 21.9 Å². The molecule has 1 aromatic carbocycles. The Bertz CT molecular complexity index is 513. The molecule has 1 aliphatic rings. The first-order valence-electron chi connectivity index (χ1n) is 5.17. The van der Waals surface area contributed by atoms with Gasteiger partial charge in [-0.1, -0.05) is 0 Å². The summed E-state index contributed by atoms with van der Waals surface area (Å²) in [6.45, 7) is 1.29. The Hall–Kier alpha value is -1.05. The maximum absolute atomic E-state index is 12.9. The molecule has 94 valence electrons. The molecule has 0 unspecified atom stereocenters. The standard InChI is InChI=1S/C10H12F2N2O2S/c11-9-2-1-8(5-10(9)12)17(15,16)14-7-3-4-13-6-7/h1-2,5,7,13-14H,3-4,6H2/t7-/m1/s1. The maximum atomic E-state index is 12.9. The first-order valence-corrected chi connectivity index (χ1v) is 6.65. The molecule has 2 rings (SSSR count). The summed E-state index contributed by atoms with van der Waals surface area (Å²) < 4.78 is 51.7. The molecule has 17 heavy (non-hydrogen) atoms. The van der Waals surface area contributed by atoms with E-state index in [0.717, 1.165) is 18.7 Å². The van der Waals surface area contributed by atoms with Crippen LogP contribution >= 0.6 is 0 Å². The van der Waals surface area contributed by atoms with E-state index in [1.54, 1.807) is 0 Å². The summed E-state index contributed by atoms with van der Waals surface area (Å²) in [5.74, 6) is -2.23. The van der Waals surface area contributed by atoms with Crippen LogP contribution in [0.3, 0.4) is 0 Å². The van der Waals surface area contributed by atoms with Crippen molar-refractivity contribution in [1.29, 1.82) is 0 Å². The van der Waals surface area contributed by atoms with Crippen LogP contribution in [0.5, 0.6) is 0 Å². The van der Waals surface area contributed by atoms with E-state index in [4.69, 9.17) is 0 Å². The van der Waals surface area contributed by atoms with Crippen molar-refractivity contribution < 1.29 is 17.2 Å². The second-order valence-electron chi connectivity index (χ2n) is 3.89. The van der Waals surface area contributed by atoms with E-state index < -0.39 is 21.7 Å². The summed E-state index contributed by atoms with van der Waals surface area (Å²) in [4.78, 5) is -0.261. The molecule has 0 bridgehead atoms. The lowest BCUT2D eigenvalue weighted by Gasteiger charge is -2.11. The number of benzene rings is 1. The van der Waals surface area contributed by atoms with Gasteiger partial charge in [-0.05, 0) is 31.2 Å². The van der Waals surface area contributed by atoms with Crippen LogP contribution in [-0.4, -0.2) is 27.5 Å². The molecule has 0 saturated carbocycles. The van der Waals surface area contributed by atoms with Crippen LogP contribution in [-0.2, 0) is 10.0 Å². The topological polar surface area (TPSA) is 58.2 Å². The van der Waals surface area contributed by atoms with E-state index in [0.29, 0.717) is 19.0 Å². The van der Waals surface area contributed by atoms with Gasteiger partial charge in [-0.15, -0.1) is 0 Å². The van der Waals surface area contributed by atoms with Gasteiger partial charge in [0, 0.05) is 12.6 Å². The van der Waals surface area contributed by atoms with E-state index in [9.17, 15) is 17.2 Å². The van der Waals surface area contributed by atoms with Gasteiger partial charge in [-0.3, -0.25) is 0 Å². The largest absolute Gasteiger partial charge is 0.315 e. The Balaban J connectivity index is 2.21. The van der Waals surface area contributed by atoms with E-state index in [-0.39, 0.29) is 10.9 Å². The molecule has 0 amide bonds. The zero-order valence-corrected chi connectivity index (χ0v) is 9.73. The molecule has 0 aliphatic carbocycles. The summed E-state index contributed by atoms with van der Waals surface area (Å²) in [5, 5.41) is 3.01. The first-order chi connectivity index (χ1) is 7.99. The number of sulfonamides is 1. The molecule has 1 heterocycles. The Morgan fingerprint density at radius 1 is 1.29 bits per heavy atom. The lowest BCUT2D eigenvalue weighted by Crippen LogP contribution is -2.36. The van der Waals surface area contributed by atoms with Crippen LogP contribution in [0.25, 0.3) is 0 Å². The Morgan fingerprint density at radius 2 is 2.06 bits per heavy atom. The highest BCUT2D eigenvalue weighted by Crippen LogP contribution is 2.14. The van der Waals surface area contributed by atoms with Crippen molar-refractivity contribution in [2.24, 2.45) is 0 Å². The van der Waals surface area contributed by atoms with E-state index in [1.807, 2.05) is 0 Å².